The van der Waals surface area contributed by atoms with E-state index in [-0.39, 0.29) is 18.7 Å². The van der Waals surface area contributed by atoms with E-state index in [1.54, 1.807) is 12.1 Å². The van der Waals surface area contributed by atoms with Gasteiger partial charge in [0.2, 0.25) is 6.08 Å². The molecule has 0 amide bonds. The van der Waals surface area contributed by atoms with Crippen molar-refractivity contribution in [2.24, 2.45) is 4.99 Å². The third-order valence-corrected chi connectivity index (χ3v) is 2.10. The van der Waals surface area contributed by atoms with E-state index in [2.05, 4.69) is 4.99 Å². The third kappa shape index (κ3) is 2.66. The molecule has 5 heteroatoms. The van der Waals surface area contributed by atoms with Crippen LogP contribution in [-0.4, -0.2) is 20.3 Å². The SMILES string of the molecule is COCc1ccc(OC)c(CN=C=O)c1F. The second kappa shape index (κ2) is 6.00. The first-order chi connectivity index (χ1) is 7.74. The molecule has 0 N–H and O–H groups in total. The first-order valence-corrected chi connectivity index (χ1v) is 4.61. The van der Waals surface area contributed by atoms with Gasteiger partial charge in [-0.15, -0.1) is 0 Å². The smallest absolute Gasteiger partial charge is 0.235 e. The van der Waals surface area contributed by atoms with Crippen molar-refractivity contribution in [2.45, 2.75) is 13.2 Å². The van der Waals surface area contributed by atoms with Crippen molar-refractivity contribution in [2.75, 3.05) is 14.2 Å². The van der Waals surface area contributed by atoms with E-state index in [1.807, 2.05) is 0 Å². The predicted octanol–water partition coefficient (Wildman–Crippen LogP) is 1.82. The maximum atomic E-state index is 13.9. The summed E-state index contributed by atoms with van der Waals surface area (Å²) in [5, 5.41) is 0. The fraction of sp³-hybridized carbons (Fsp3) is 0.364. The van der Waals surface area contributed by atoms with Crippen LogP contribution in [0.25, 0.3) is 0 Å². The highest BCUT2D eigenvalue weighted by molar-refractivity contribution is 5.41. The van der Waals surface area contributed by atoms with Crippen LogP contribution in [0.5, 0.6) is 5.75 Å². The number of methoxy groups -OCH3 is 2. The molecule has 0 aromatic heterocycles. The second-order valence-corrected chi connectivity index (χ2v) is 3.06. The largest absolute Gasteiger partial charge is 0.496 e. The molecule has 0 aliphatic carbocycles. The maximum absolute atomic E-state index is 13.9. The van der Waals surface area contributed by atoms with Crippen LogP contribution in [0.2, 0.25) is 0 Å². The van der Waals surface area contributed by atoms with E-state index in [0.717, 1.165) is 0 Å². The Kier molecular flexibility index (Phi) is 4.64. The minimum Gasteiger partial charge on any atom is -0.496 e. The summed E-state index contributed by atoms with van der Waals surface area (Å²) in [5.74, 6) is -0.100. The van der Waals surface area contributed by atoms with Gasteiger partial charge in [0.05, 0.1) is 25.8 Å². The summed E-state index contributed by atoms with van der Waals surface area (Å²) < 4.78 is 23.7. The number of isocyanates is 1. The van der Waals surface area contributed by atoms with Crippen molar-refractivity contribution in [3.05, 3.63) is 29.1 Å². The van der Waals surface area contributed by atoms with Crippen LogP contribution >= 0.6 is 0 Å². The number of aliphatic imine (C=N–C) groups is 1. The molecule has 0 fully saturated rings. The van der Waals surface area contributed by atoms with E-state index in [4.69, 9.17) is 9.47 Å². The van der Waals surface area contributed by atoms with E-state index < -0.39 is 5.82 Å². The van der Waals surface area contributed by atoms with Crippen LogP contribution in [-0.2, 0) is 22.7 Å². The van der Waals surface area contributed by atoms with Crippen molar-refractivity contribution in [1.29, 1.82) is 0 Å². The Morgan fingerprint density at radius 3 is 2.75 bits per heavy atom. The van der Waals surface area contributed by atoms with Crippen LogP contribution in [0.3, 0.4) is 0 Å². The number of benzene rings is 1. The first kappa shape index (κ1) is 12.4. The molecule has 0 atom stereocenters. The molecule has 0 heterocycles. The third-order valence-electron chi connectivity index (χ3n) is 2.10. The lowest BCUT2D eigenvalue weighted by Crippen LogP contribution is -2.01. The maximum Gasteiger partial charge on any atom is 0.235 e. The molecular formula is C11H12FNO3. The van der Waals surface area contributed by atoms with Crippen molar-refractivity contribution in [1.82, 2.24) is 0 Å². The van der Waals surface area contributed by atoms with E-state index >= 15 is 0 Å². The highest BCUT2D eigenvalue weighted by Crippen LogP contribution is 2.25. The Morgan fingerprint density at radius 2 is 2.19 bits per heavy atom. The zero-order valence-corrected chi connectivity index (χ0v) is 9.12. The topological polar surface area (TPSA) is 47.9 Å². The van der Waals surface area contributed by atoms with E-state index in [0.29, 0.717) is 11.3 Å². The number of hydrogen-bond donors (Lipinski definition) is 0. The van der Waals surface area contributed by atoms with Gasteiger partial charge in [0.1, 0.15) is 11.6 Å². The number of rotatable bonds is 5. The molecule has 16 heavy (non-hydrogen) atoms. The Labute approximate surface area is 92.7 Å². The molecule has 4 nitrogen and oxygen atoms in total. The molecular weight excluding hydrogens is 213 g/mol. The van der Waals surface area contributed by atoms with Gasteiger partial charge in [0, 0.05) is 12.7 Å². The van der Waals surface area contributed by atoms with Crippen molar-refractivity contribution >= 4 is 6.08 Å². The summed E-state index contributed by atoms with van der Waals surface area (Å²) in [6.07, 6.45) is 1.37. The number of ether oxygens (including phenoxy) is 2. The van der Waals surface area contributed by atoms with Gasteiger partial charge in [-0.05, 0) is 6.07 Å². The summed E-state index contributed by atoms with van der Waals surface area (Å²) in [7, 11) is 2.91. The second-order valence-electron chi connectivity index (χ2n) is 3.06. The average Bonchev–Trinajstić information content (AvgIpc) is 2.30. The molecule has 1 aromatic carbocycles. The van der Waals surface area contributed by atoms with Crippen LogP contribution in [0.1, 0.15) is 11.1 Å². The molecule has 1 rings (SSSR count). The van der Waals surface area contributed by atoms with Crippen molar-refractivity contribution < 1.29 is 18.7 Å². The minimum atomic E-state index is -0.458. The summed E-state index contributed by atoms with van der Waals surface area (Å²) in [6, 6.07) is 3.19. The summed E-state index contributed by atoms with van der Waals surface area (Å²) in [6.45, 7) is 0.0731. The fourth-order valence-corrected chi connectivity index (χ4v) is 1.37. The van der Waals surface area contributed by atoms with Gasteiger partial charge in [-0.3, -0.25) is 0 Å². The van der Waals surface area contributed by atoms with Gasteiger partial charge in [-0.25, -0.2) is 14.2 Å². The van der Waals surface area contributed by atoms with Crippen LogP contribution in [0.4, 0.5) is 4.39 Å². The molecule has 0 bridgehead atoms. The normalized spacial score (nSPS) is 9.69. The standard InChI is InChI=1S/C11H12FNO3/c1-15-6-8-3-4-10(16-2)9(11(8)12)5-13-7-14/h3-4H,5-6H2,1-2H3. The fourth-order valence-electron chi connectivity index (χ4n) is 1.37. The first-order valence-electron chi connectivity index (χ1n) is 4.61. The van der Waals surface area contributed by atoms with Gasteiger partial charge in [-0.1, -0.05) is 6.07 Å². The van der Waals surface area contributed by atoms with Gasteiger partial charge < -0.3 is 9.47 Å². The molecule has 1 aromatic rings. The number of hydrogen-bond acceptors (Lipinski definition) is 4. The van der Waals surface area contributed by atoms with Crippen LogP contribution in [0, 0.1) is 5.82 Å². The van der Waals surface area contributed by atoms with E-state index in [1.165, 1.54) is 20.3 Å². The molecule has 0 radical (unpaired) electrons. The average molecular weight is 225 g/mol. The summed E-state index contributed by atoms with van der Waals surface area (Å²) >= 11 is 0. The highest BCUT2D eigenvalue weighted by Gasteiger charge is 2.13. The zero-order valence-electron chi connectivity index (χ0n) is 9.12. The molecule has 0 saturated heterocycles. The molecule has 86 valence electrons. The molecule has 0 saturated carbocycles. The molecule has 0 aliphatic rings. The van der Waals surface area contributed by atoms with Crippen LogP contribution < -0.4 is 4.74 Å². The number of nitrogens with zero attached hydrogens (tertiary/aromatic N) is 1. The van der Waals surface area contributed by atoms with Gasteiger partial charge >= 0.3 is 0 Å². The van der Waals surface area contributed by atoms with Gasteiger partial charge in [0.15, 0.2) is 0 Å². The Bertz CT molecular complexity index is 414. The highest BCUT2D eigenvalue weighted by atomic mass is 19.1. The monoisotopic (exact) mass is 225 g/mol. The van der Waals surface area contributed by atoms with Crippen LogP contribution in [0.15, 0.2) is 17.1 Å². The number of halogens is 1. The lowest BCUT2D eigenvalue weighted by Gasteiger charge is -2.10. The van der Waals surface area contributed by atoms with Gasteiger partial charge in [0.25, 0.3) is 0 Å². The quantitative estimate of drug-likeness (QED) is 0.567. The van der Waals surface area contributed by atoms with Crippen molar-refractivity contribution in [3.63, 3.8) is 0 Å². The predicted molar refractivity (Wildman–Crippen MR) is 55.5 cm³/mol. The zero-order chi connectivity index (χ0) is 12.0. The van der Waals surface area contributed by atoms with E-state index in [9.17, 15) is 9.18 Å². The number of carbonyl (C=O) groups excluding carboxylic acids is 1. The molecule has 0 spiro atoms. The lowest BCUT2D eigenvalue weighted by atomic mass is 10.1. The van der Waals surface area contributed by atoms with Gasteiger partial charge in [-0.2, -0.15) is 0 Å². The Hall–Kier alpha value is -1.71. The lowest BCUT2D eigenvalue weighted by molar-refractivity contribution is 0.181. The Morgan fingerprint density at radius 1 is 1.44 bits per heavy atom. The Balaban J connectivity index is 3.16. The minimum absolute atomic E-state index is 0.0872. The molecule has 0 aliphatic heterocycles. The summed E-state index contributed by atoms with van der Waals surface area (Å²) in [5.41, 5.74) is 0.639. The molecule has 0 unspecified atom stereocenters. The van der Waals surface area contributed by atoms with Crippen molar-refractivity contribution in [3.8, 4) is 5.75 Å². The summed E-state index contributed by atoms with van der Waals surface area (Å²) in [4.78, 5) is 13.4.